The van der Waals surface area contributed by atoms with Gasteiger partial charge in [0.05, 0.1) is 12.2 Å². The number of carbonyl (C=O) groups is 1. The Bertz CT molecular complexity index is 1280. The summed E-state index contributed by atoms with van der Waals surface area (Å²) in [7, 11) is 2.07. The van der Waals surface area contributed by atoms with Crippen molar-refractivity contribution in [3.8, 4) is 11.5 Å². The summed E-state index contributed by atoms with van der Waals surface area (Å²) in [5.74, 6) is 1.18. The Kier molecular flexibility index (Phi) is 6.47. The molecule has 1 saturated heterocycles. The summed E-state index contributed by atoms with van der Waals surface area (Å²) in [4.78, 5) is 25.9. The van der Waals surface area contributed by atoms with Crippen LogP contribution in [0.25, 0.3) is 0 Å². The maximum Gasteiger partial charge on any atom is 0.413 e. The predicted octanol–water partition coefficient (Wildman–Crippen LogP) is 3.91. The van der Waals surface area contributed by atoms with Gasteiger partial charge in [0.1, 0.15) is 11.6 Å². The summed E-state index contributed by atoms with van der Waals surface area (Å²) in [6, 6.07) is 12.0. The molecule has 188 valence electrons. The molecule has 2 aromatic carbocycles. The summed E-state index contributed by atoms with van der Waals surface area (Å²) in [5, 5.41) is 12.8. The molecule has 3 heterocycles. The number of carboxylic acid groups (broad SMARTS) is 1. The average Bonchev–Trinajstić information content (AvgIpc) is 3.32. The Labute approximate surface area is 207 Å². The molecule has 36 heavy (non-hydrogen) atoms. The number of piperazine rings is 1. The van der Waals surface area contributed by atoms with E-state index in [9.17, 15) is 14.3 Å². The number of nitrogens with one attached hydrogen (secondary N) is 1. The molecule has 11 heteroatoms. The van der Waals surface area contributed by atoms with Crippen LogP contribution in [0.5, 0.6) is 11.5 Å². The lowest BCUT2D eigenvalue weighted by Crippen LogP contribution is -2.50. The van der Waals surface area contributed by atoms with E-state index in [4.69, 9.17) is 9.47 Å². The quantitative estimate of drug-likeness (QED) is 0.528. The van der Waals surface area contributed by atoms with E-state index in [1.54, 1.807) is 30.3 Å². The summed E-state index contributed by atoms with van der Waals surface area (Å²) in [6.45, 7) is 4.68. The number of amides is 1. The standard InChI is InChI=1S/C25H27FN6O4/c1-16-13-31(10-9-30(16)2)20-5-4-18(12-19(20)26)28-24-27-8-7-23(29-24)32(25(33)34)14-17-3-6-21-22(11-17)36-15-35-21/h3-8,11-12,16H,9-10,13-15H2,1-2H3,(H,33,34)(H,27,28,29). The lowest BCUT2D eigenvalue weighted by molar-refractivity contribution is 0.174. The summed E-state index contributed by atoms with van der Waals surface area (Å²) >= 11 is 0. The molecule has 0 spiro atoms. The van der Waals surface area contributed by atoms with Crippen molar-refractivity contribution in [2.45, 2.75) is 19.5 Å². The van der Waals surface area contributed by atoms with E-state index in [1.165, 1.54) is 18.3 Å². The number of rotatable bonds is 6. The first-order chi connectivity index (χ1) is 17.4. The fourth-order valence-corrected chi connectivity index (χ4v) is 4.27. The van der Waals surface area contributed by atoms with E-state index in [-0.39, 0.29) is 30.9 Å². The van der Waals surface area contributed by atoms with Crippen LogP contribution in [-0.4, -0.2) is 65.6 Å². The number of hydrogen-bond acceptors (Lipinski definition) is 8. The molecule has 1 amide bonds. The Hall–Kier alpha value is -4.12. The highest BCUT2D eigenvalue weighted by Gasteiger charge is 2.23. The lowest BCUT2D eigenvalue weighted by atomic mass is 10.1. The van der Waals surface area contributed by atoms with Crippen LogP contribution in [0.3, 0.4) is 0 Å². The van der Waals surface area contributed by atoms with Gasteiger partial charge in [-0.2, -0.15) is 4.98 Å². The van der Waals surface area contributed by atoms with Crippen LogP contribution in [-0.2, 0) is 6.54 Å². The van der Waals surface area contributed by atoms with Crippen molar-refractivity contribution >= 4 is 29.2 Å². The highest BCUT2D eigenvalue weighted by molar-refractivity contribution is 5.84. The predicted molar refractivity (Wildman–Crippen MR) is 133 cm³/mol. The van der Waals surface area contributed by atoms with Gasteiger partial charge >= 0.3 is 6.09 Å². The van der Waals surface area contributed by atoms with Gasteiger partial charge in [-0.15, -0.1) is 0 Å². The van der Waals surface area contributed by atoms with Crippen molar-refractivity contribution in [1.82, 2.24) is 14.9 Å². The second-order valence-electron chi connectivity index (χ2n) is 8.86. The van der Waals surface area contributed by atoms with Crippen molar-refractivity contribution in [1.29, 1.82) is 0 Å². The van der Waals surface area contributed by atoms with E-state index in [0.717, 1.165) is 24.5 Å². The number of likely N-dealkylation sites (N-methyl/N-ethyl adjacent to an activating group) is 1. The topological polar surface area (TPSA) is 103 Å². The third-order valence-electron chi connectivity index (χ3n) is 6.43. The molecule has 0 aliphatic carbocycles. The molecule has 1 unspecified atom stereocenters. The molecule has 1 atom stereocenters. The molecule has 1 aromatic heterocycles. The zero-order chi connectivity index (χ0) is 25.2. The van der Waals surface area contributed by atoms with Crippen molar-refractivity contribution < 1.29 is 23.8 Å². The summed E-state index contributed by atoms with van der Waals surface area (Å²) in [5.41, 5.74) is 1.73. The van der Waals surface area contributed by atoms with Crippen molar-refractivity contribution in [2.24, 2.45) is 0 Å². The van der Waals surface area contributed by atoms with Crippen LogP contribution in [0.15, 0.2) is 48.7 Å². The van der Waals surface area contributed by atoms with E-state index >= 15 is 0 Å². The van der Waals surface area contributed by atoms with Gasteiger partial charge in [-0.1, -0.05) is 6.07 Å². The monoisotopic (exact) mass is 494 g/mol. The average molecular weight is 495 g/mol. The number of ether oxygens (including phenoxy) is 2. The highest BCUT2D eigenvalue weighted by atomic mass is 19.1. The van der Waals surface area contributed by atoms with Crippen LogP contribution in [0, 0.1) is 5.82 Å². The third kappa shape index (κ3) is 4.96. The highest BCUT2D eigenvalue weighted by Crippen LogP contribution is 2.33. The van der Waals surface area contributed by atoms with Crippen molar-refractivity contribution in [2.75, 3.05) is 48.6 Å². The first-order valence-corrected chi connectivity index (χ1v) is 11.6. The Morgan fingerprint density at radius 1 is 1.19 bits per heavy atom. The maximum atomic E-state index is 15.0. The Morgan fingerprint density at radius 2 is 2.03 bits per heavy atom. The third-order valence-corrected chi connectivity index (χ3v) is 6.43. The SMILES string of the molecule is CC1CN(c2ccc(Nc3nccc(N(Cc4ccc5c(c4)OCO5)C(=O)O)n3)cc2F)CCN1C. The summed E-state index contributed by atoms with van der Waals surface area (Å²) < 4.78 is 25.7. The molecule has 2 aliphatic heterocycles. The molecule has 0 bridgehead atoms. The van der Waals surface area contributed by atoms with E-state index in [1.807, 2.05) is 4.90 Å². The largest absolute Gasteiger partial charge is 0.465 e. The number of benzene rings is 2. The number of aromatic nitrogens is 2. The van der Waals surface area contributed by atoms with Gasteiger partial charge in [-0.25, -0.2) is 14.2 Å². The van der Waals surface area contributed by atoms with Crippen LogP contribution >= 0.6 is 0 Å². The van der Waals surface area contributed by atoms with Gasteiger partial charge in [0.15, 0.2) is 11.5 Å². The second kappa shape index (κ2) is 9.86. The van der Waals surface area contributed by atoms with Crippen molar-refractivity contribution in [3.63, 3.8) is 0 Å². The molecular weight excluding hydrogens is 467 g/mol. The van der Waals surface area contributed by atoms with Gasteiger partial charge in [-0.3, -0.25) is 4.90 Å². The van der Waals surface area contributed by atoms with Gasteiger partial charge in [0, 0.05) is 37.6 Å². The summed E-state index contributed by atoms with van der Waals surface area (Å²) in [6.07, 6.45) is 0.283. The molecule has 0 saturated carbocycles. The fourth-order valence-electron chi connectivity index (χ4n) is 4.27. The number of fused-ring (bicyclic) bond motifs is 1. The van der Waals surface area contributed by atoms with Gasteiger partial charge < -0.3 is 29.7 Å². The van der Waals surface area contributed by atoms with Gasteiger partial charge in [0.25, 0.3) is 0 Å². The van der Waals surface area contributed by atoms with E-state index in [0.29, 0.717) is 34.5 Å². The second-order valence-corrected chi connectivity index (χ2v) is 8.86. The molecule has 10 nitrogen and oxygen atoms in total. The minimum Gasteiger partial charge on any atom is -0.465 e. The molecule has 5 rings (SSSR count). The van der Waals surface area contributed by atoms with E-state index in [2.05, 4.69) is 34.2 Å². The van der Waals surface area contributed by atoms with Crippen LogP contribution in [0.4, 0.5) is 32.3 Å². The molecule has 2 N–H and O–H groups in total. The zero-order valence-electron chi connectivity index (χ0n) is 20.0. The van der Waals surface area contributed by atoms with Gasteiger partial charge in [-0.05, 0) is 55.9 Å². The number of anilines is 4. The first kappa shape index (κ1) is 23.6. The van der Waals surface area contributed by atoms with Crippen LogP contribution in [0.1, 0.15) is 12.5 Å². The molecule has 2 aliphatic rings. The zero-order valence-corrected chi connectivity index (χ0v) is 20.0. The minimum absolute atomic E-state index is 0.0508. The van der Waals surface area contributed by atoms with Crippen molar-refractivity contribution in [3.05, 3.63) is 60.0 Å². The smallest absolute Gasteiger partial charge is 0.413 e. The number of hydrogen-bond donors (Lipinski definition) is 2. The maximum absolute atomic E-state index is 15.0. The molecular formula is C25H27FN6O4. The normalized spacial score (nSPS) is 17.2. The van der Waals surface area contributed by atoms with Crippen LogP contribution in [0.2, 0.25) is 0 Å². The fraction of sp³-hybridized carbons (Fsp3) is 0.320. The number of halogens is 1. The molecule has 1 fully saturated rings. The molecule has 0 radical (unpaired) electrons. The number of nitrogens with zero attached hydrogens (tertiary/aromatic N) is 5. The van der Waals surface area contributed by atoms with E-state index < -0.39 is 6.09 Å². The Morgan fingerprint density at radius 3 is 2.81 bits per heavy atom. The Balaban J connectivity index is 1.31. The van der Waals surface area contributed by atoms with Crippen LogP contribution < -0.4 is 24.6 Å². The first-order valence-electron chi connectivity index (χ1n) is 11.6. The minimum atomic E-state index is -1.17. The van der Waals surface area contributed by atoms with Gasteiger partial charge in [0.2, 0.25) is 12.7 Å². The lowest BCUT2D eigenvalue weighted by Gasteiger charge is -2.39. The molecule has 3 aromatic rings.